The highest BCUT2D eigenvalue weighted by Crippen LogP contribution is 2.64. The van der Waals surface area contributed by atoms with E-state index in [9.17, 15) is 4.79 Å². The number of hydrogen-bond acceptors (Lipinski definition) is 1. The molecule has 3 fully saturated rings. The molecule has 0 aliphatic heterocycles. The molecule has 0 spiro atoms. The van der Waals surface area contributed by atoms with E-state index < -0.39 is 0 Å². The van der Waals surface area contributed by atoms with Crippen molar-refractivity contribution >= 4 is 6.29 Å². The fourth-order valence-electron chi connectivity index (χ4n) is 4.20. The molecule has 2 bridgehead atoms. The van der Waals surface area contributed by atoms with Crippen molar-refractivity contribution in [1.82, 2.24) is 0 Å². The van der Waals surface area contributed by atoms with Crippen LogP contribution in [-0.2, 0) is 4.79 Å². The molecule has 3 aliphatic rings. The molecule has 0 aromatic carbocycles. The van der Waals surface area contributed by atoms with E-state index in [2.05, 4.69) is 27.4 Å². The number of carbonyl (C=O) groups excluding carboxylic acids is 1. The van der Waals surface area contributed by atoms with Crippen molar-refractivity contribution in [3.8, 4) is 0 Å². The average Bonchev–Trinajstić information content (AvgIpc) is 2.29. The summed E-state index contributed by atoms with van der Waals surface area (Å²) in [5.74, 6) is 2.23. The third-order valence-electron chi connectivity index (χ3n) is 5.56. The van der Waals surface area contributed by atoms with Gasteiger partial charge in [-0.25, -0.2) is 0 Å². The Kier molecular flexibility index (Phi) is 2.76. The van der Waals surface area contributed by atoms with Crippen molar-refractivity contribution in [3.05, 3.63) is 12.7 Å². The lowest BCUT2D eigenvalue weighted by atomic mass is 9.42. The predicted octanol–water partition coefficient (Wildman–Crippen LogP) is 3.84. The zero-order valence-corrected chi connectivity index (χ0v) is 10.8. The molecule has 3 saturated carbocycles. The first-order chi connectivity index (χ1) is 7.45. The summed E-state index contributed by atoms with van der Waals surface area (Å²) < 4.78 is 0. The van der Waals surface area contributed by atoms with Crippen LogP contribution in [0.5, 0.6) is 0 Å². The van der Waals surface area contributed by atoms with Gasteiger partial charge in [0.05, 0.1) is 0 Å². The van der Waals surface area contributed by atoms with Gasteiger partial charge in [-0.2, -0.15) is 0 Å². The van der Waals surface area contributed by atoms with E-state index in [0.717, 1.165) is 18.3 Å². The topological polar surface area (TPSA) is 17.1 Å². The van der Waals surface area contributed by atoms with Crippen LogP contribution in [0.1, 0.15) is 46.5 Å². The highest BCUT2D eigenvalue weighted by atomic mass is 16.1. The van der Waals surface area contributed by atoms with E-state index in [1.807, 2.05) is 6.08 Å². The Hall–Kier alpha value is -0.590. The zero-order valence-electron chi connectivity index (χ0n) is 10.8. The summed E-state index contributed by atoms with van der Waals surface area (Å²) in [7, 11) is 0. The second-order valence-electron chi connectivity index (χ2n) is 6.66. The molecule has 90 valence electrons. The van der Waals surface area contributed by atoms with Crippen molar-refractivity contribution in [2.24, 2.45) is 28.6 Å². The molecular formula is C15H24O. The lowest BCUT2D eigenvalue weighted by Gasteiger charge is -2.62. The van der Waals surface area contributed by atoms with Crippen molar-refractivity contribution in [1.29, 1.82) is 0 Å². The summed E-state index contributed by atoms with van der Waals surface area (Å²) in [6.45, 7) is 10.7. The van der Waals surface area contributed by atoms with Crippen molar-refractivity contribution in [3.63, 3.8) is 0 Å². The van der Waals surface area contributed by atoms with E-state index in [-0.39, 0.29) is 5.41 Å². The third kappa shape index (κ3) is 1.48. The maximum absolute atomic E-state index is 11.4. The van der Waals surface area contributed by atoms with E-state index >= 15 is 0 Å². The summed E-state index contributed by atoms with van der Waals surface area (Å²) in [4.78, 5) is 11.4. The van der Waals surface area contributed by atoms with Crippen LogP contribution in [0, 0.1) is 28.6 Å². The Labute approximate surface area is 99.3 Å². The molecule has 1 heteroatoms. The summed E-state index contributed by atoms with van der Waals surface area (Å²) >= 11 is 0. The van der Waals surface area contributed by atoms with Gasteiger partial charge in [0.1, 0.15) is 6.29 Å². The predicted molar refractivity (Wildman–Crippen MR) is 67.1 cm³/mol. The highest BCUT2D eigenvalue weighted by molar-refractivity contribution is 5.60. The maximum atomic E-state index is 11.4. The Bertz CT molecular complexity index is 303. The number of fused-ring (bicyclic) bond motifs is 2. The molecule has 0 aromatic heterocycles. The fourth-order valence-corrected chi connectivity index (χ4v) is 4.20. The standard InChI is InChI=1S/C15H24O/c1-5-8-15(4,10-16)12-7-6-11-9-13(12)14(11,2)3/h5,10-13H,1,6-9H2,2-4H3. The van der Waals surface area contributed by atoms with Gasteiger partial charge < -0.3 is 4.79 Å². The molecule has 0 N–H and O–H groups in total. The fraction of sp³-hybridized carbons (Fsp3) is 0.800. The molecule has 3 rings (SSSR count). The van der Waals surface area contributed by atoms with Crippen LogP contribution in [0.3, 0.4) is 0 Å². The minimum absolute atomic E-state index is 0.172. The maximum Gasteiger partial charge on any atom is 0.126 e. The second kappa shape index (κ2) is 3.72. The van der Waals surface area contributed by atoms with Gasteiger partial charge in [-0.1, -0.05) is 26.8 Å². The molecule has 0 amide bonds. The largest absolute Gasteiger partial charge is 0.303 e. The Balaban J connectivity index is 2.20. The van der Waals surface area contributed by atoms with Crippen molar-refractivity contribution < 1.29 is 4.79 Å². The summed E-state index contributed by atoms with van der Waals surface area (Å²) in [5.41, 5.74) is 0.295. The van der Waals surface area contributed by atoms with Gasteiger partial charge in [-0.3, -0.25) is 0 Å². The van der Waals surface area contributed by atoms with Crippen LogP contribution >= 0.6 is 0 Å². The summed E-state index contributed by atoms with van der Waals surface area (Å²) in [6, 6.07) is 0. The van der Waals surface area contributed by atoms with Crippen LogP contribution in [0.2, 0.25) is 0 Å². The van der Waals surface area contributed by atoms with E-state index in [4.69, 9.17) is 0 Å². The molecule has 4 unspecified atom stereocenters. The SMILES string of the molecule is C=CCC(C)(C=O)C1CCC2CC1C2(C)C. The van der Waals surface area contributed by atoms with Gasteiger partial charge in [-0.15, -0.1) is 6.58 Å². The lowest BCUT2D eigenvalue weighted by Crippen LogP contribution is -2.56. The molecule has 0 saturated heterocycles. The van der Waals surface area contributed by atoms with Crippen LogP contribution in [0.25, 0.3) is 0 Å². The van der Waals surface area contributed by atoms with Crippen molar-refractivity contribution in [2.75, 3.05) is 0 Å². The van der Waals surface area contributed by atoms with Gasteiger partial charge in [-0.05, 0) is 48.9 Å². The number of carbonyl (C=O) groups is 1. The molecule has 16 heavy (non-hydrogen) atoms. The lowest BCUT2D eigenvalue weighted by molar-refractivity contribution is -0.149. The van der Waals surface area contributed by atoms with Gasteiger partial charge in [0.2, 0.25) is 0 Å². The number of allylic oxidation sites excluding steroid dienone is 1. The Morgan fingerprint density at radius 3 is 2.56 bits per heavy atom. The molecule has 1 nitrogen and oxygen atoms in total. The van der Waals surface area contributed by atoms with Crippen LogP contribution < -0.4 is 0 Å². The average molecular weight is 220 g/mol. The van der Waals surface area contributed by atoms with Gasteiger partial charge in [0.15, 0.2) is 0 Å². The normalized spacial score (nSPS) is 39.3. The number of rotatable bonds is 4. The molecule has 3 aliphatic carbocycles. The summed E-state index contributed by atoms with van der Waals surface area (Å²) in [5, 5.41) is 0. The molecule has 0 radical (unpaired) electrons. The number of hydrogen-bond donors (Lipinski definition) is 0. The minimum atomic E-state index is -0.172. The van der Waals surface area contributed by atoms with E-state index in [1.54, 1.807) is 0 Å². The van der Waals surface area contributed by atoms with Crippen LogP contribution in [-0.4, -0.2) is 6.29 Å². The highest BCUT2D eigenvalue weighted by Gasteiger charge is 2.57. The molecule has 0 heterocycles. The minimum Gasteiger partial charge on any atom is -0.303 e. The van der Waals surface area contributed by atoms with Crippen LogP contribution in [0.15, 0.2) is 12.7 Å². The van der Waals surface area contributed by atoms with Gasteiger partial charge in [0.25, 0.3) is 0 Å². The van der Waals surface area contributed by atoms with Crippen LogP contribution in [0.4, 0.5) is 0 Å². The number of aldehydes is 1. The van der Waals surface area contributed by atoms with E-state index in [1.165, 1.54) is 25.5 Å². The summed E-state index contributed by atoms with van der Waals surface area (Å²) in [6.07, 6.45) is 7.83. The van der Waals surface area contributed by atoms with Crippen molar-refractivity contribution in [2.45, 2.75) is 46.5 Å². The first-order valence-corrected chi connectivity index (χ1v) is 6.53. The quantitative estimate of drug-likeness (QED) is 0.519. The third-order valence-corrected chi connectivity index (χ3v) is 5.56. The molecular weight excluding hydrogens is 196 g/mol. The zero-order chi connectivity index (χ0) is 12.0. The monoisotopic (exact) mass is 220 g/mol. The molecule has 4 atom stereocenters. The second-order valence-corrected chi connectivity index (χ2v) is 6.66. The first kappa shape index (κ1) is 11.9. The van der Waals surface area contributed by atoms with Gasteiger partial charge in [0, 0.05) is 5.41 Å². The van der Waals surface area contributed by atoms with E-state index in [0.29, 0.717) is 11.3 Å². The molecule has 0 aromatic rings. The first-order valence-electron chi connectivity index (χ1n) is 6.53. The smallest absolute Gasteiger partial charge is 0.126 e. The Morgan fingerprint density at radius 2 is 2.12 bits per heavy atom. The Morgan fingerprint density at radius 1 is 1.44 bits per heavy atom. The van der Waals surface area contributed by atoms with Gasteiger partial charge >= 0.3 is 0 Å².